The van der Waals surface area contributed by atoms with Crippen molar-refractivity contribution in [2.24, 2.45) is 5.92 Å². The zero-order chi connectivity index (χ0) is 13.5. The predicted molar refractivity (Wildman–Crippen MR) is 75.9 cm³/mol. The van der Waals surface area contributed by atoms with Crippen LogP contribution in [0.5, 0.6) is 0 Å². The predicted octanol–water partition coefficient (Wildman–Crippen LogP) is 1.84. The standard InChI is InChI=1S/C14H20N2O2S/c17-12-3-1-11(2-4-12)9-16-14(18)10-19-13-5-7-15-8-6-13/h5-8,11-12,17H,1-4,9-10H2,(H,16,18). The second kappa shape index (κ2) is 7.50. The van der Waals surface area contributed by atoms with Crippen molar-refractivity contribution in [2.75, 3.05) is 12.3 Å². The van der Waals surface area contributed by atoms with Crippen LogP contribution >= 0.6 is 11.8 Å². The van der Waals surface area contributed by atoms with E-state index in [0.717, 1.165) is 37.1 Å². The molecule has 0 aromatic carbocycles. The van der Waals surface area contributed by atoms with Gasteiger partial charge in [-0.25, -0.2) is 0 Å². The van der Waals surface area contributed by atoms with Gasteiger partial charge < -0.3 is 10.4 Å². The minimum atomic E-state index is -0.130. The Bertz CT molecular complexity index is 392. The summed E-state index contributed by atoms with van der Waals surface area (Å²) in [7, 11) is 0. The van der Waals surface area contributed by atoms with E-state index in [-0.39, 0.29) is 12.0 Å². The number of pyridine rings is 1. The molecule has 5 heteroatoms. The van der Waals surface area contributed by atoms with Gasteiger partial charge in [-0.15, -0.1) is 11.8 Å². The van der Waals surface area contributed by atoms with Crippen molar-refractivity contribution in [3.8, 4) is 0 Å². The summed E-state index contributed by atoms with van der Waals surface area (Å²) < 4.78 is 0. The molecule has 0 unspecified atom stereocenters. The van der Waals surface area contributed by atoms with E-state index < -0.39 is 0 Å². The molecule has 1 heterocycles. The van der Waals surface area contributed by atoms with Crippen LogP contribution in [0.1, 0.15) is 25.7 Å². The highest BCUT2D eigenvalue weighted by molar-refractivity contribution is 8.00. The van der Waals surface area contributed by atoms with E-state index in [1.165, 1.54) is 11.8 Å². The number of carbonyl (C=O) groups is 1. The molecule has 1 fully saturated rings. The van der Waals surface area contributed by atoms with Crippen molar-refractivity contribution in [1.29, 1.82) is 0 Å². The number of carbonyl (C=O) groups excluding carboxylic acids is 1. The summed E-state index contributed by atoms with van der Waals surface area (Å²) in [4.78, 5) is 16.7. The van der Waals surface area contributed by atoms with E-state index in [0.29, 0.717) is 11.7 Å². The van der Waals surface area contributed by atoms with Gasteiger partial charge in [-0.05, 0) is 43.7 Å². The molecule has 1 aromatic heterocycles. The van der Waals surface area contributed by atoms with Gasteiger partial charge in [0.1, 0.15) is 0 Å². The van der Waals surface area contributed by atoms with Crippen LogP contribution in [0.4, 0.5) is 0 Å². The van der Waals surface area contributed by atoms with Gasteiger partial charge in [0, 0.05) is 23.8 Å². The van der Waals surface area contributed by atoms with E-state index in [2.05, 4.69) is 10.3 Å². The second-order valence-corrected chi connectivity index (χ2v) is 6.00. The van der Waals surface area contributed by atoms with Gasteiger partial charge in [-0.2, -0.15) is 0 Å². The first-order valence-electron chi connectivity index (χ1n) is 6.71. The van der Waals surface area contributed by atoms with Crippen LogP contribution in [0.3, 0.4) is 0 Å². The molecule has 1 aliphatic rings. The highest BCUT2D eigenvalue weighted by Gasteiger charge is 2.19. The van der Waals surface area contributed by atoms with Crippen molar-refractivity contribution >= 4 is 17.7 Å². The van der Waals surface area contributed by atoms with Crippen molar-refractivity contribution in [1.82, 2.24) is 10.3 Å². The Morgan fingerprint density at radius 1 is 1.32 bits per heavy atom. The summed E-state index contributed by atoms with van der Waals surface area (Å²) in [6.07, 6.45) is 7.09. The largest absolute Gasteiger partial charge is 0.393 e. The zero-order valence-corrected chi connectivity index (χ0v) is 11.7. The normalized spacial score (nSPS) is 23.0. The Kier molecular flexibility index (Phi) is 5.66. The monoisotopic (exact) mass is 280 g/mol. The minimum absolute atomic E-state index is 0.0768. The Morgan fingerprint density at radius 3 is 2.68 bits per heavy atom. The van der Waals surface area contributed by atoms with Crippen LogP contribution in [0.2, 0.25) is 0 Å². The number of aromatic nitrogens is 1. The van der Waals surface area contributed by atoms with E-state index in [1.807, 2.05) is 12.1 Å². The first-order chi connectivity index (χ1) is 9.24. The smallest absolute Gasteiger partial charge is 0.230 e. The van der Waals surface area contributed by atoms with Gasteiger partial charge in [0.25, 0.3) is 0 Å². The SMILES string of the molecule is O=C(CSc1ccncc1)NCC1CCC(O)CC1. The molecular weight excluding hydrogens is 260 g/mol. The molecule has 0 radical (unpaired) electrons. The van der Waals surface area contributed by atoms with Crippen LogP contribution in [-0.2, 0) is 4.79 Å². The number of hydrogen-bond acceptors (Lipinski definition) is 4. The molecule has 4 nitrogen and oxygen atoms in total. The number of aliphatic hydroxyl groups is 1. The van der Waals surface area contributed by atoms with Gasteiger partial charge in [0.2, 0.25) is 5.91 Å². The second-order valence-electron chi connectivity index (χ2n) is 4.95. The maximum Gasteiger partial charge on any atom is 0.230 e. The number of amides is 1. The van der Waals surface area contributed by atoms with E-state index in [1.54, 1.807) is 12.4 Å². The minimum Gasteiger partial charge on any atom is -0.393 e. The van der Waals surface area contributed by atoms with Crippen LogP contribution < -0.4 is 5.32 Å². The fraction of sp³-hybridized carbons (Fsp3) is 0.571. The van der Waals surface area contributed by atoms with Crippen molar-refractivity contribution in [2.45, 2.75) is 36.7 Å². The number of hydrogen-bond donors (Lipinski definition) is 2. The zero-order valence-electron chi connectivity index (χ0n) is 10.9. The fourth-order valence-corrected chi connectivity index (χ4v) is 2.96. The summed E-state index contributed by atoms with van der Waals surface area (Å²) in [6, 6.07) is 3.81. The van der Waals surface area contributed by atoms with E-state index in [4.69, 9.17) is 0 Å². The Hall–Kier alpha value is -1.07. The molecule has 2 rings (SSSR count). The van der Waals surface area contributed by atoms with Crippen molar-refractivity contribution < 1.29 is 9.90 Å². The summed E-state index contributed by atoms with van der Waals surface area (Å²) in [6.45, 7) is 0.739. The topological polar surface area (TPSA) is 62.2 Å². The molecule has 1 amide bonds. The third kappa shape index (κ3) is 5.20. The summed E-state index contributed by atoms with van der Waals surface area (Å²) in [5.41, 5.74) is 0. The third-order valence-electron chi connectivity index (χ3n) is 3.42. The lowest BCUT2D eigenvalue weighted by atomic mass is 9.87. The Morgan fingerprint density at radius 2 is 2.00 bits per heavy atom. The van der Waals surface area contributed by atoms with Gasteiger partial charge in [-0.1, -0.05) is 0 Å². The average molecular weight is 280 g/mol. The highest BCUT2D eigenvalue weighted by Crippen LogP contribution is 2.23. The summed E-state index contributed by atoms with van der Waals surface area (Å²) >= 11 is 1.52. The maximum absolute atomic E-state index is 11.7. The van der Waals surface area contributed by atoms with E-state index in [9.17, 15) is 9.90 Å². The highest BCUT2D eigenvalue weighted by atomic mass is 32.2. The maximum atomic E-state index is 11.7. The van der Waals surface area contributed by atoms with Crippen LogP contribution in [0.15, 0.2) is 29.4 Å². The first kappa shape index (κ1) is 14.3. The molecule has 0 atom stereocenters. The number of aliphatic hydroxyl groups excluding tert-OH is 1. The Balaban J connectivity index is 1.62. The lowest BCUT2D eigenvalue weighted by Crippen LogP contribution is -2.33. The Labute approximate surface area is 118 Å². The molecule has 1 aromatic rings. The van der Waals surface area contributed by atoms with Gasteiger partial charge in [0.05, 0.1) is 11.9 Å². The summed E-state index contributed by atoms with van der Waals surface area (Å²) in [5.74, 6) is 1.05. The van der Waals surface area contributed by atoms with Crippen LogP contribution in [0.25, 0.3) is 0 Å². The van der Waals surface area contributed by atoms with Crippen molar-refractivity contribution in [3.05, 3.63) is 24.5 Å². The molecule has 0 spiro atoms. The van der Waals surface area contributed by atoms with Crippen molar-refractivity contribution in [3.63, 3.8) is 0 Å². The summed E-state index contributed by atoms with van der Waals surface area (Å²) in [5, 5.41) is 12.4. The van der Waals surface area contributed by atoms with Gasteiger partial charge in [-0.3, -0.25) is 9.78 Å². The molecule has 0 aliphatic heterocycles. The van der Waals surface area contributed by atoms with Crippen LogP contribution in [0, 0.1) is 5.92 Å². The first-order valence-corrected chi connectivity index (χ1v) is 7.70. The molecule has 0 saturated heterocycles. The number of nitrogens with zero attached hydrogens (tertiary/aromatic N) is 1. The quantitative estimate of drug-likeness (QED) is 0.808. The lowest BCUT2D eigenvalue weighted by Gasteiger charge is -2.25. The molecule has 19 heavy (non-hydrogen) atoms. The number of thioether (sulfide) groups is 1. The number of rotatable bonds is 5. The van der Waals surface area contributed by atoms with E-state index >= 15 is 0 Å². The molecule has 1 saturated carbocycles. The van der Waals surface area contributed by atoms with Crippen LogP contribution in [-0.4, -0.2) is 34.4 Å². The van der Waals surface area contributed by atoms with Gasteiger partial charge >= 0.3 is 0 Å². The molecule has 0 bridgehead atoms. The molecule has 104 valence electrons. The lowest BCUT2D eigenvalue weighted by molar-refractivity contribution is -0.118. The fourth-order valence-electron chi connectivity index (χ4n) is 2.24. The molecular formula is C14H20N2O2S. The third-order valence-corrected chi connectivity index (χ3v) is 4.44. The molecule has 1 aliphatic carbocycles. The average Bonchev–Trinajstić information content (AvgIpc) is 2.45. The van der Waals surface area contributed by atoms with Gasteiger partial charge in [0.15, 0.2) is 0 Å². The molecule has 2 N–H and O–H groups in total. The number of nitrogens with one attached hydrogen (secondary N) is 1.